The summed E-state index contributed by atoms with van der Waals surface area (Å²) >= 11 is 1.23. The van der Waals surface area contributed by atoms with Crippen LogP contribution in [0.2, 0.25) is 0 Å². The molecule has 1 aromatic heterocycles. The molecule has 0 bridgehead atoms. The average Bonchev–Trinajstić information content (AvgIpc) is 3.02. The van der Waals surface area contributed by atoms with Crippen LogP contribution in [0.15, 0.2) is 0 Å². The maximum absolute atomic E-state index is 12.6. The first-order chi connectivity index (χ1) is 10.0. The summed E-state index contributed by atoms with van der Waals surface area (Å²) in [4.78, 5) is 26.0. The van der Waals surface area contributed by atoms with Crippen molar-refractivity contribution in [2.75, 3.05) is 5.43 Å². The topological polar surface area (TPSA) is 113 Å². The Hall–Kier alpha value is -1.74. The zero-order chi connectivity index (χ0) is 15.0. The van der Waals surface area contributed by atoms with Crippen molar-refractivity contribution in [2.24, 2.45) is 11.8 Å². The number of urea groups is 1. The molecule has 3 rings (SSSR count). The van der Waals surface area contributed by atoms with E-state index in [0.29, 0.717) is 28.9 Å². The Morgan fingerprint density at radius 3 is 2.76 bits per heavy atom. The zero-order valence-electron chi connectivity index (χ0n) is 11.8. The molecule has 2 aliphatic rings. The quantitative estimate of drug-likeness (QED) is 0.433. The smallest absolute Gasteiger partial charge is 0.323 e. The van der Waals surface area contributed by atoms with Crippen molar-refractivity contribution >= 4 is 28.4 Å². The van der Waals surface area contributed by atoms with E-state index in [0.717, 1.165) is 12.8 Å². The first-order valence-electron chi connectivity index (χ1n) is 6.97. The molecular weight excluding hydrogens is 292 g/mol. The summed E-state index contributed by atoms with van der Waals surface area (Å²) in [6.07, 6.45) is 3.34. The fraction of sp³-hybridized carbons (Fsp3) is 0.667. The molecule has 0 radical (unpaired) electrons. The van der Waals surface area contributed by atoms with E-state index in [1.165, 1.54) is 16.2 Å². The third-order valence-electron chi connectivity index (χ3n) is 4.26. The van der Waals surface area contributed by atoms with Crippen molar-refractivity contribution in [2.45, 2.75) is 44.7 Å². The number of rotatable bonds is 3. The standard InChI is InChI=1S/C12H18N6O2S/c1-7-2-4-12(5-3-7)9(19)18(11(20)14-12)6-8-16-17-10(15-13)21-8/h7H,2-6,13H2,1H3,(H,14,20)(H,15,17). The lowest BCUT2D eigenvalue weighted by Crippen LogP contribution is -2.49. The van der Waals surface area contributed by atoms with Crippen LogP contribution in [-0.4, -0.2) is 32.6 Å². The summed E-state index contributed by atoms with van der Waals surface area (Å²) in [7, 11) is 0. The molecule has 8 nitrogen and oxygen atoms in total. The normalized spacial score (nSPS) is 29.0. The van der Waals surface area contributed by atoms with E-state index < -0.39 is 5.54 Å². The summed E-state index contributed by atoms with van der Waals surface area (Å²) < 4.78 is 0. The molecule has 0 aromatic carbocycles. The summed E-state index contributed by atoms with van der Waals surface area (Å²) in [6.45, 7) is 2.32. The maximum atomic E-state index is 12.6. The predicted octanol–water partition coefficient (Wildman–Crippen LogP) is 0.824. The molecule has 9 heteroatoms. The van der Waals surface area contributed by atoms with Crippen LogP contribution >= 0.6 is 11.3 Å². The Bertz CT molecular complexity index is 566. The number of carbonyl (C=O) groups excluding carboxylic acids is 2. The van der Waals surface area contributed by atoms with Gasteiger partial charge in [-0.1, -0.05) is 18.3 Å². The van der Waals surface area contributed by atoms with Gasteiger partial charge in [0.2, 0.25) is 5.13 Å². The second-order valence-electron chi connectivity index (χ2n) is 5.73. The Balaban J connectivity index is 1.74. The van der Waals surface area contributed by atoms with Crippen LogP contribution in [0.1, 0.15) is 37.6 Å². The van der Waals surface area contributed by atoms with Crippen molar-refractivity contribution < 1.29 is 9.59 Å². The summed E-state index contributed by atoms with van der Waals surface area (Å²) in [6, 6.07) is -0.341. The lowest BCUT2D eigenvalue weighted by Gasteiger charge is -2.33. The number of anilines is 1. The number of nitrogen functional groups attached to an aromatic ring is 1. The molecule has 1 saturated carbocycles. The monoisotopic (exact) mass is 310 g/mol. The molecule has 2 fully saturated rings. The minimum absolute atomic E-state index is 0.140. The van der Waals surface area contributed by atoms with Gasteiger partial charge in [-0.25, -0.2) is 10.6 Å². The van der Waals surface area contributed by atoms with Gasteiger partial charge < -0.3 is 5.32 Å². The van der Waals surface area contributed by atoms with Crippen LogP contribution in [0.3, 0.4) is 0 Å². The Morgan fingerprint density at radius 2 is 2.14 bits per heavy atom. The van der Waals surface area contributed by atoms with Crippen molar-refractivity contribution in [3.8, 4) is 0 Å². The second kappa shape index (κ2) is 5.23. The number of hydrogen-bond donors (Lipinski definition) is 3. The first kappa shape index (κ1) is 14.2. The van der Waals surface area contributed by atoms with E-state index in [-0.39, 0.29) is 18.5 Å². The second-order valence-corrected chi connectivity index (χ2v) is 6.79. The lowest BCUT2D eigenvalue weighted by molar-refractivity contribution is -0.133. The number of amides is 3. The number of imide groups is 1. The van der Waals surface area contributed by atoms with E-state index in [2.05, 4.69) is 27.9 Å². The molecule has 114 valence electrons. The van der Waals surface area contributed by atoms with Crippen molar-refractivity contribution in [1.29, 1.82) is 0 Å². The van der Waals surface area contributed by atoms with Gasteiger partial charge in [-0.05, 0) is 31.6 Å². The highest BCUT2D eigenvalue weighted by atomic mass is 32.1. The van der Waals surface area contributed by atoms with Crippen LogP contribution < -0.4 is 16.6 Å². The third kappa shape index (κ3) is 2.46. The van der Waals surface area contributed by atoms with Gasteiger partial charge in [0, 0.05) is 0 Å². The van der Waals surface area contributed by atoms with E-state index in [4.69, 9.17) is 5.84 Å². The highest BCUT2D eigenvalue weighted by Gasteiger charge is 2.52. The van der Waals surface area contributed by atoms with Crippen LogP contribution in [0, 0.1) is 5.92 Å². The third-order valence-corrected chi connectivity index (χ3v) is 5.10. The van der Waals surface area contributed by atoms with Crippen LogP contribution in [0.25, 0.3) is 0 Å². The molecule has 0 unspecified atom stereocenters. The van der Waals surface area contributed by atoms with Gasteiger partial charge in [0.25, 0.3) is 5.91 Å². The molecule has 2 heterocycles. The van der Waals surface area contributed by atoms with E-state index in [1.807, 2.05) is 0 Å². The maximum Gasteiger partial charge on any atom is 0.325 e. The minimum atomic E-state index is -0.705. The summed E-state index contributed by atoms with van der Waals surface area (Å²) in [5.41, 5.74) is 1.69. The molecule has 4 N–H and O–H groups in total. The zero-order valence-corrected chi connectivity index (χ0v) is 12.6. The van der Waals surface area contributed by atoms with Gasteiger partial charge in [-0.15, -0.1) is 10.2 Å². The van der Waals surface area contributed by atoms with Crippen LogP contribution in [-0.2, 0) is 11.3 Å². The van der Waals surface area contributed by atoms with E-state index in [9.17, 15) is 9.59 Å². The van der Waals surface area contributed by atoms with Crippen molar-refractivity contribution in [1.82, 2.24) is 20.4 Å². The molecule has 1 saturated heterocycles. The van der Waals surface area contributed by atoms with Crippen molar-refractivity contribution in [3.63, 3.8) is 0 Å². The average molecular weight is 310 g/mol. The first-order valence-corrected chi connectivity index (χ1v) is 7.79. The molecule has 1 aliphatic carbocycles. The van der Waals surface area contributed by atoms with Crippen LogP contribution in [0.4, 0.5) is 9.93 Å². The van der Waals surface area contributed by atoms with Gasteiger partial charge >= 0.3 is 6.03 Å². The molecule has 1 spiro atoms. The number of hydrazine groups is 1. The molecule has 0 atom stereocenters. The number of hydrogen-bond acceptors (Lipinski definition) is 7. The summed E-state index contributed by atoms with van der Waals surface area (Å²) in [5, 5.41) is 11.6. The van der Waals surface area contributed by atoms with Gasteiger partial charge in [0.05, 0.1) is 6.54 Å². The molecule has 1 aromatic rings. The Kier molecular flexibility index (Phi) is 3.54. The predicted molar refractivity (Wildman–Crippen MR) is 77.2 cm³/mol. The lowest BCUT2D eigenvalue weighted by atomic mass is 9.77. The SMILES string of the molecule is CC1CCC2(CC1)NC(=O)N(Cc1nnc(NN)s1)C2=O. The molecular formula is C12H18N6O2S. The molecule has 1 aliphatic heterocycles. The van der Waals surface area contributed by atoms with Gasteiger partial charge in [0.1, 0.15) is 10.5 Å². The fourth-order valence-corrected chi connectivity index (χ4v) is 3.56. The number of nitrogens with zero attached hydrogens (tertiary/aromatic N) is 3. The largest absolute Gasteiger partial charge is 0.325 e. The van der Waals surface area contributed by atoms with Gasteiger partial charge in [0.15, 0.2) is 0 Å². The molecule has 3 amide bonds. The van der Waals surface area contributed by atoms with Gasteiger partial charge in [-0.2, -0.15) is 0 Å². The Morgan fingerprint density at radius 1 is 1.43 bits per heavy atom. The highest BCUT2D eigenvalue weighted by molar-refractivity contribution is 7.15. The van der Waals surface area contributed by atoms with Gasteiger partial charge in [-0.3, -0.25) is 15.1 Å². The summed E-state index contributed by atoms with van der Waals surface area (Å²) in [5.74, 6) is 5.71. The van der Waals surface area contributed by atoms with E-state index >= 15 is 0 Å². The minimum Gasteiger partial charge on any atom is -0.323 e. The number of nitrogens with one attached hydrogen (secondary N) is 2. The highest BCUT2D eigenvalue weighted by Crippen LogP contribution is 2.36. The Labute approximate surface area is 126 Å². The van der Waals surface area contributed by atoms with Crippen molar-refractivity contribution in [3.05, 3.63) is 5.01 Å². The molecule has 21 heavy (non-hydrogen) atoms. The fourth-order valence-electron chi connectivity index (χ4n) is 2.92. The number of aromatic nitrogens is 2. The number of carbonyl (C=O) groups is 2. The number of nitrogens with two attached hydrogens (primary N) is 1. The van der Waals surface area contributed by atoms with Crippen LogP contribution in [0.5, 0.6) is 0 Å². The van der Waals surface area contributed by atoms with E-state index in [1.54, 1.807) is 0 Å².